The number of hydrogen-bond donors (Lipinski definition) is 3. The number of methoxy groups -OCH3 is 1. The fraction of sp³-hybridized carbons (Fsp3) is 0.292. The molecular weight excluding hydrogens is 486 g/mol. The lowest BCUT2D eigenvalue weighted by Crippen LogP contribution is -2.37. The van der Waals surface area contributed by atoms with Crippen LogP contribution in [-0.2, 0) is 45.5 Å². The van der Waals surface area contributed by atoms with Crippen LogP contribution in [0.2, 0.25) is 0 Å². The van der Waals surface area contributed by atoms with Crippen molar-refractivity contribution >= 4 is 27.5 Å². The third-order valence-corrected chi connectivity index (χ3v) is 6.73. The molecule has 1 aromatic heterocycles. The normalized spacial score (nSPS) is 13.6. The van der Waals surface area contributed by atoms with Gasteiger partial charge in [0.15, 0.2) is 0 Å². The summed E-state index contributed by atoms with van der Waals surface area (Å²) in [6.45, 7) is 1.50. The molecule has 0 unspecified atom stereocenters. The monoisotopic (exact) mass is 513 g/mol. The van der Waals surface area contributed by atoms with Crippen LogP contribution in [0, 0.1) is 0 Å². The highest BCUT2D eigenvalue weighted by molar-refractivity contribution is 7.89. The van der Waals surface area contributed by atoms with E-state index < -0.39 is 10.0 Å². The highest BCUT2D eigenvalue weighted by atomic mass is 32.2. The SMILES string of the molecule is COc1ccc(NC(=O)CN2CCc3onc(CC(=O)NCc4ccc(S(N)(=O)=O)cc4)c3C2)cc1. The average molecular weight is 514 g/mol. The second-order valence-corrected chi connectivity index (χ2v) is 9.97. The average Bonchev–Trinajstić information content (AvgIpc) is 3.24. The van der Waals surface area contributed by atoms with Gasteiger partial charge in [-0.3, -0.25) is 14.5 Å². The van der Waals surface area contributed by atoms with E-state index in [1.807, 2.05) is 4.90 Å². The van der Waals surface area contributed by atoms with Gasteiger partial charge in [-0.15, -0.1) is 0 Å². The number of amides is 2. The Balaban J connectivity index is 1.29. The van der Waals surface area contributed by atoms with Crippen molar-refractivity contribution in [2.75, 3.05) is 25.5 Å². The summed E-state index contributed by atoms with van der Waals surface area (Å²) in [7, 11) is -2.18. The summed E-state index contributed by atoms with van der Waals surface area (Å²) in [5.41, 5.74) is 2.77. The van der Waals surface area contributed by atoms with Crippen LogP contribution in [0.15, 0.2) is 57.9 Å². The van der Waals surface area contributed by atoms with Gasteiger partial charge in [0.25, 0.3) is 0 Å². The molecule has 190 valence electrons. The molecule has 3 aromatic rings. The molecule has 11 nitrogen and oxygen atoms in total. The molecular formula is C24H27N5O6S. The number of primary sulfonamides is 1. The van der Waals surface area contributed by atoms with Crippen LogP contribution in [0.3, 0.4) is 0 Å². The zero-order chi connectivity index (χ0) is 25.7. The van der Waals surface area contributed by atoms with Gasteiger partial charge in [0.2, 0.25) is 21.8 Å². The van der Waals surface area contributed by atoms with Gasteiger partial charge >= 0.3 is 0 Å². The Hall–Kier alpha value is -3.74. The van der Waals surface area contributed by atoms with Gasteiger partial charge in [-0.25, -0.2) is 13.6 Å². The number of hydrogen-bond acceptors (Lipinski definition) is 8. The first kappa shape index (κ1) is 25.4. The number of fused-ring (bicyclic) bond motifs is 1. The first-order valence-corrected chi connectivity index (χ1v) is 12.8. The Morgan fingerprint density at radius 3 is 2.50 bits per heavy atom. The van der Waals surface area contributed by atoms with E-state index in [0.29, 0.717) is 36.6 Å². The van der Waals surface area contributed by atoms with E-state index >= 15 is 0 Å². The van der Waals surface area contributed by atoms with E-state index in [1.54, 1.807) is 43.5 Å². The first-order valence-electron chi connectivity index (χ1n) is 11.2. The van der Waals surface area contributed by atoms with Gasteiger partial charge in [-0.1, -0.05) is 17.3 Å². The van der Waals surface area contributed by atoms with Crippen molar-refractivity contribution in [3.05, 3.63) is 71.1 Å². The minimum Gasteiger partial charge on any atom is -0.497 e. The zero-order valence-corrected chi connectivity index (χ0v) is 20.5. The Bertz CT molecular complexity index is 1340. The maximum Gasteiger partial charge on any atom is 0.238 e. The van der Waals surface area contributed by atoms with E-state index in [4.69, 9.17) is 14.4 Å². The van der Waals surface area contributed by atoms with Crippen LogP contribution in [0.25, 0.3) is 0 Å². The van der Waals surface area contributed by atoms with E-state index in [-0.39, 0.29) is 36.2 Å². The highest BCUT2D eigenvalue weighted by Crippen LogP contribution is 2.23. The Kier molecular flexibility index (Phi) is 7.67. The number of nitrogens with one attached hydrogen (secondary N) is 2. The highest BCUT2D eigenvalue weighted by Gasteiger charge is 2.26. The van der Waals surface area contributed by atoms with E-state index in [1.165, 1.54) is 12.1 Å². The number of sulfonamides is 1. The summed E-state index contributed by atoms with van der Waals surface area (Å²) in [6.07, 6.45) is 0.621. The molecule has 0 atom stereocenters. The maximum atomic E-state index is 12.5. The number of carbonyl (C=O) groups is 2. The lowest BCUT2D eigenvalue weighted by molar-refractivity contribution is -0.121. The standard InChI is InChI=1S/C24H27N5O6S/c1-34-18-6-4-17(5-7-18)27-24(31)15-29-11-10-22-20(14-29)21(28-35-22)12-23(30)26-13-16-2-8-19(9-3-16)36(25,32)33/h2-9H,10-15H2,1H3,(H,26,30)(H,27,31)(H2,25,32,33). The number of nitrogens with two attached hydrogens (primary N) is 1. The number of anilines is 1. The quantitative estimate of drug-likeness (QED) is 0.385. The molecule has 0 radical (unpaired) electrons. The molecule has 0 saturated heterocycles. The molecule has 36 heavy (non-hydrogen) atoms. The fourth-order valence-electron chi connectivity index (χ4n) is 3.88. The molecule has 12 heteroatoms. The van der Waals surface area contributed by atoms with E-state index in [2.05, 4.69) is 15.8 Å². The van der Waals surface area contributed by atoms with Crippen LogP contribution in [0.4, 0.5) is 5.69 Å². The van der Waals surface area contributed by atoms with Crippen LogP contribution in [0.5, 0.6) is 5.75 Å². The van der Waals surface area contributed by atoms with Crippen LogP contribution in [0.1, 0.15) is 22.6 Å². The first-order chi connectivity index (χ1) is 17.2. The third kappa shape index (κ3) is 6.47. The number of ether oxygens (including phenoxy) is 1. The molecule has 0 saturated carbocycles. The smallest absolute Gasteiger partial charge is 0.238 e. The molecule has 4 rings (SSSR count). The minimum absolute atomic E-state index is 0.00837. The molecule has 0 bridgehead atoms. The molecule has 0 spiro atoms. The molecule has 0 fully saturated rings. The van der Waals surface area contributed by atoms with Gasteiger partial charge in [-0.2, -0.15) is 0 Å². The number of carbonyl (C=O) groups excluding carboxylic acids is 2. The van der Waals surface area contributed by atoms with Gasteiger partial charge in [0, 0.05) is 37.3 Å². The lowest BCUT2D eigenvalue weighted by Gasteiger charge is -2.25. The minimum atomic E-state index is -3.76. The van der Waals surface area contributed by atoms with Crippen molar-refractivity contribution in [1.29, 1.82) is 0 Å². The molecule has 2 heterocycles. The lowest BCUT2D eigenvalue weighted by atomic mass is 10.0. The van der Waals surface area contributed by atoms with Crippen LogP contribution >= 0.6 is 0 Å². The second kappa shape index (κ2) is 10.9. The van der Waals surface area contributed by atoms with Crippen LogP contribution < -0.4 is 20.5 Å². The number of rotatable bonds is 9. The van der Waals surface area contributed by atoms with Crippen molar-refractivity contribution < 1.29 is 27.3 Å². The Morgan fingerprint density at radius 1 is 1.11 bits per heavy atom. The molecule has 1 aliphatic rings. The Labute approximate surface area is 208 Å². The summed E-state index contributed by atoms with van der Waals surface area (Å²) in [5, 5.41) is 14.8. The Morgan fingerprint density at radius 2 is 1.83 bits per heavy atom. The van der Waals surface area contributed by atoms with Gasteiger partial charge < -0.3 is 19.9 Å². The van der Waals surface area contributed by atoms with E-state index in [9.17, 15) is 18.0 Å². The molecule has 0 aliphatic carbocycles. The van der Waals surface area contributed by atoms with Gasteiger partial charge in [0.1, 0.15) is 11.5 Å². The number of benzene rings is 2. The maximum absolute atomic E-state index is 12.5. The predicted molar refractivity (Wildman–Crippen MR) is 130 cm³/mol. The molecule has 1 aliphatic heterocycles. The summed E-state index contributed by atoms with van der Waals surface area (Å²) < 4.78 is 33.3. The predicted octanol–water partition coefficient (Wildman–Crippen LogP) is 1.19. The van der Waals surface area contributed by atoms with Crippen molar-refractivity contribution in [2.24, 2.45) is 5.14 Å². The van der Waals surface area contributed by atoms with Gasteiger partial charge in [-0.05, 0) is 42.0 Å². The van der Waals surface area contributed by atoms with Gasteiger partial charge in [0.05, 0.1) is 30.7 Å². The molecule has 2 aromatic carbocycles. The number of aromatic nitrogens is 1. The largest absolute Gasteiger partial charge is 0.497 e. The van der Waals surface area contributed by atoms with E-state index in [0.717, 1.165) is 16.9 Å². The van der Waals surface area contributed by atoms with Crippen molar-refractivity contribution in [2.45, 2.75) is 30.8 Å². The fourth-order valence-corrected chi connectivity index (χ4v) is 4.40. The summed E-state index contributed by atoms with van der Waals surface area (Å²) in [6, 6.07) is 13.1. The number of nitrogens with zero attached hydrogens (tertiary/aromatic N) is 2. The summed E-state index contributed by atoms with van der Waals surface area (Å²) in [4.78, 5) is 27.0. The second-order valence-electron chi connectivity index (χ2n) is 8.41. The summed E-state index contributed by atoms with van der Waals surface area (Å²) in [5.74, 6) is 1.03. The van der Waals surface area contributed by atoms with Crippen molar-refractivity contribution in [3.8, 4) is 5.75 Å². The van der Waals surface area contributed by atoms with Crippen molar-refractivity contribution in [3.63, 3.8) is 0 Å². The zero-order valence-electron chi connectivity index (χ0n) is 19.7. The van der Waals surface area contributed by atoms with Crippen molar-refractivity contribution in [1.82, 2.24) is 15.4 Å². The third-order valence-electron chi connectivity index (χ3n) is 5.80. The van der Waals surface area contributed by atoms with Crippen LogP contribution in [-0.4, -0.2) is 50.5 Å². The molecule has 2 amide bonds. The molecule has 4 N–H and O–H groups in total. The summed E-state index contributed by atoms with van der Waals surface area (Å²) >= 11 is 0. The topological polar surface area (TPSA) is 157 Å².